The number of hydrogen-bond donors (Lipinski definition) is 0. The van der Waals surface area contributed by atoms with E-state index in [9.17, 15) is 171 Å². The molecule has 0 unspecified atom stereocenters. The van der Waals surface area contributed by atoms with E-state index < -0.39 is 152 Å². The van der Waals surface area contributed by atoms with Gasteiger partial charge in [0.05, 0.1) is 0 Å². The van der Waals surface area contributed by atoms with Gasteiger partial charge in [0.2, 0.25) is 0 Å². The van der Waals surface area contributed by atoms with Crippen LogP contribution >= 0.6 is 0 Å². The van der Waals surface area contributed by atoms with Crippen LogP contribution in [0.2, 0.25) is 12.5 Å². The standard InChI is InChI=1S/6C2F5.3C2H2F3.Ga.2In/c6*3-1(4)2(5,6)7;3*1-2(3,4)5;;;/h;;;;;;3*1H2;;;. The molecule has 0 aromatic carbocycles. The first-order valence-corrected chi connectivity index (χ1v) is 28.5. The van der Waals surface area contributed by atoms with E-state index in [1.165, 1.54) is 0 Å². The van der Waals surface area contributed by atoms with Gasteiger partial charge in [-0.05, 0) is 0 Å². The molecule has 0 aliphatic carbocycles. The molecule has 0 atom stereocenters. The second-order valence-electron chi connectivity index (χ2n) is 10.9. The first-order valence-electron chi connectivity index (χ1n) is 12.9. The summed E-state index contributed by atoms with van der Waals surface area (Å²) in [5.41, 5.74) is 0. The van der Waals surface area contributed by atoms with Gasteiger partial charge in [0.1, 0.15) is 0 Å². The van der Waals surface area contributed by atoms with Crippen LogP contribution in [0.4, 0.5) is 171 Å². The Morgan fingerprint density at radius 1 is 0.233 bits per heavy atom. The van der Waals surface area contributed by atoms with Crippen LogP contribution in [0.1, 0.15) is 0 Å². The molecule has 0 aromatic heterocycles. The Labute approximate surface area is 322 Å². The van der Waals surface area contributed by atoms with E-state index >= 15 is 0 Å². The van der Waals surface area contributed by atoms with E-state index in [0.717, 1.165) is 0 Å². The molecular weight excluding hydrogens is 1260 g/mol. The van der Waals surface area contributed by atoms with E-state index in [2.05, 4.69) is 0 Å². The normalized spacial score (nSPS) is 15.4. The van der Waals surface area contributed by atoms with Gasteiger partial charge in [0, 0.05) is 0 Å². The molecule has 0 heterocycles. The van der Waals surface area contributed by atoms with E-state index in [-0.39, 0.29) is 0 Å². The summed E-state index contributed by atoms with van der Waals surface area (Å²) in [6.45, 7) is 0. The van der Waals surface area contributed by atoms with Gasteiger partial charge in [-0.1, -0.05) is 0 Å². The molecule has 0 rings (SSSR count). The van der Waals surface area contributed by atoms with Crippen LogP contribution < -0.4 is 0 Å². The molecule has 360 valence electrons. The molecule has 60 heavy (non-hydrogen) atoms. The van der Waals surface area contributed by atoms with Crippen LogP contribution in [0.25, 0.3) is 0 Å². The van der Waals surface area contributed by atoms with Gasteiger partial charge >= 0.3 is 323 Å². The van der Waals surface area contributed by atoms with Crippen molar-refractivity contribution in [2.45, 2.75) is 92.6 Å². The molecule has 0 N–H and O–H groups in total. The Morgan fingerprint density at radius 2 is 0.383 bits per heavy atom. The van der Waals surface area contributed by atoms with E-state index in [0.29, 0.717) is 0 Å². The summed E-state index contributed by atoms with van der Waals surface area (Å²) < 4.78 is 420. The van der Waals surface area contributed by atoms with Gasteiger partial charge in [-0.2, -0.15) is 0 Å². The summed E-state index contributed by atoms with van der Waals surface area (Å²) in [5.74, 6) is 0. The Bertz CT molecular complexity index is 1080. The monoisotopic (exact) mass is 1260 g/mol. The predicted molar refractivity (Wildman–Crippen MR) is 116 cm³/mol. The molecule has 0 aliphatic heterocycles. The quantitative estimate of drug-likeness (QED) is 0.159. The topological polar surface area (TPSA) is 0 Å². The van der Waals surface area contributed by atoms with Crippen LogP contribution in [0.5, 0.6) is 0 Å². The van der Waals surface area contributed by atoms with Crippen molar-refractivity contribution >= 4 is 59.1 Å². The van der Waals surface area contributed by atoms with Crippen molar-refractivity contribution in [3.05, 3.63) is 0 Å². The maximum atomic E-state index is 12.7. The summed E-state index contributed by atoms with van der Waals surface area (Å²) in [4.78, 5) is 0. The molecule has 0 spiro atoms. The van der Waals surface area contributed by atoms with Gasteiger partial charge in [-0.15, -0.1) is 0 Å². The molecule has 0 aromatic rings. The Hall–Kier alpha value is -0.353. The third-order valence-corrected chi connectivity index (χ3v) is 30.5. The second-order valence-corrected chi connectivity index (χ2v) is 34.4. The van der Waals surface area contributed by atoms with Gasteiger partial charge in [0.15, 0.2) is 0 Å². The average Bonchev–Trinajstić information content (AvgIpc) is 2.81. The van der Waals surface area contributed by atoms with Gasteiger partial charge in [-0.25, -0.2) is 0 Å². The van der Waals surface area contributed by atoms with E-state index in [1.54, 1.807) is 0 Å². The summed E-state index contributed by atoms with van der Waals surface area (Å²) in [6.07, 6.45) is -59.5. The van der Waals surface area contributed by atoms with Crippen LogP contribution in [-0.4, -0.2) is 139 Å². The fraction of sp³-hybridized carbons (Fsp3) is 1.00. The predicted octanol–water partition coefficient (Wildman–Crippen LogP) is 13.6. The minimum absolute atomic E-state index is 1.88. The van der Waals surface area contributed by atoms with Gasteiger partial charge in [0.25, 0.3) is 0 Å². The zero-order chi connectivity index (χ0) is 50.4. The van der Waals surface area contributed by atoms with Crippen molar-refractivity contribution in [2.75, 3.05) is 0 Å². The van der Waals surface area contributed by atoms with E-state index in [4.69, 9.17) is 0 Å². The summed E-state index contributed by atoms with van der Waals surface area (Å²) in [7, 11) is 0. The van der Waals surface area contributed by atoms with Crippen molar-refractivity contribution in [1.82, 2.24) is 0 Å². The summed E-state index contributed by atoms with van der Waals surface area (Å²) in [5, 5.41) is 0. The van der Waals surface area contributed by atoms with Gasteiger partial charge in [-0.3, -0.25) is 0 Å². The fourth-order valence-corrected chi connectivity index (χ4v) is 22.0. The van der Waals surface area contributed by atoms with Crippen LogP contribution in [0.3, 0.4) is 0 Å². The third kappa shape index (κ3) is 16.9. The Morgan fingerprint density at radius 3 is 0.483 bits per heavy atom. The third-order valence-electron chi connectivity index (χ3n) is 6.00. The van der Waals surface area contributed by atoms with Crippen LogP contribution in [-0.2, 0) is 0 Å². The first kappa shape index (κ1) is 63.9. The molecule has 0 fully saturated rings. The van der Waals surface area contributed by atoms with Crippen molar-refractivity contribution < 1.29 is 171 Å². The Balaban J connectivity index is -0.000000824. The molecule has 0 radical (unpaired) electrons. The minimum atomic E-state index is -9.55. The summed E-state index contributed by atoms with van der Waals surface area (Å²) in [6, 6.07) is 0. The van der Waals surface area contributed by atoms with Crippen molar-refractivity contribution in [2.24, 2.45) is 0 Å². The average molecular weight is 1260 g/mol. The first-order chi connectivity index (χ1) is 25.0. The zero-order valence-electron chi connectivity index (χ0n) is 26.1. The van der Waals surface area contributed by atoms with Crippen molar-refractivity contribution in [3.8, 4) is 0 Å². The zero-order valence-corrected chi connectivity index (χ0v) is 35.1. The fourth-order valence-electron chi connectivity index (χ4n) is 3.55. The number of hydrogen-bond acceptors (Lipinski definition) is 0. The number of rotatable bonds is 9. The van der Waals surface area contributed by atoms with Gasteiger partial charge < -0.3 is 0 Å². The van der Waals surface area contributed by atoms with Crippen molar-refractivity contribution in [1.29, 1.82) is 0 Å². The molecule has 0 bridgehead atoms. The van der Waals surface area contributed by atoms with E-state index in [1.807, 2.05) is 0 Å². The molecule has 0 nitrogen and oxygen atoms in total. The molecular formula is C18H6F39GaIn2. The molecule has 0 aliphatic rings. The molecule has 0 amide bonds. The van der Waals surface area contributed by atoms with Crippen LogP contribution in [0, 0.1) is 0 Å². The Kier molecular flexibility index (Phi) is 20.1. The number of alkyl halides is 39. The second kappa shape index (κ2) is 18.9. The van der Waals surface area contributed by atoms with Crippen molar-refractivity contribution in [3.63, 3.8) is 0 Å². The maximum absolute atomic E-state index is 12.7. The molecule has 0 saturated carbocycles. The summed E-state index contributed by atoms with van der Waals surface area (Å²) >= 11 is -23.5. The SMILES string of the molecule is FC(F)(F)[CH2][In]([CH2]C(F)(F)F)[CH2]C(F)(F)F.FC(F)(F)[C](F)(F)[Ga]([C](F)(F)C(F)(F)F)[C](F)(F)C(F)(F)F.FC(F)(F)[C](F)(F)[In]([C](F)(F)C(F)(F)F)[C](F)(F)C(F)(F)F. The molecule has 42 heteroatoms. The number of halogens is 39. The molecule has 0 saturated heterocycles. The van der Waals surface area contributed by atoms with Crippen LogP contribution in [0.15, 0.2) is 0 Å².